The van der Waals surface area contributed by atoms with Crippen LogP contribution in [-0.2, 0) is 33.3 Å². The molecule has 1 fully saturated rings. The Labute approximate surface area is 221 Å². The van der Waals surface area contributed by atoms with Crippen LogP contribution in [0.25, 0.3) is 21.5 Å². The minimum atomic E-state index is -1.14. The van der Waals surface area contributed by atoms with Crippen molar-refractivity contribution in [2.75, 3.05) is 6.61 Å². The van der Waals surface area contributed by atoms with Crippen molar-refractivity contribution in [1.82, 2.24) is 0 Å². The zero-order valence-electron chi connectivity index (χ0n) is 22.0. The van der Waals surface area contributed by atoms with E-state index in [1.807, 2.05) is 37.3 Å². The van der Waals surface area contributed by atoms with E-state index >= 15 is 0 Å². The predicted octanol–water partition coefficient (Wildman–Crippen LogP) is 5.11. The van der Waals surface area contributed by atoms with Crippen LogP contribution < -0.4 is 4.74 Å². The summed E-state index contributed by atoms with van der Waals surface area (Å²) in [6, 6.07) is 17.8. The molecule has 1 aliphatic rings. The van der Waals surface area contributed by atoms with E-state index < -0.39 is 48.4 Å². The van der Waals surface area contributed by atoms with Gasteiger partial charge in [0.15, 0.2) is 6.10 Å². The first-order valence-corrected chi connectivity index (χ1v) is 12.5. The van der Waals surface area contributed by atoms with Crippen LogP contribution in [0.3, 0.4) is 0 Å². The molecule has 0 amide bonds. The Bertz CT molecular complexity index is 1360. The van der Waals surface area contributed by atoms with E-state index in [1.54, 1.807) is 6.07 Å². The number of hydrogen-bond acceptors (Lipinski definition) is 8. The van der Waals surface area contributed by atoms with Crippen molar-refractivity contribution in [2.24, 2.45) is 5.92 Å². The second-order valence-electron chi connectivity index (χ2n) is 9.64. The van der Waals surface area contributed by atoms with Gasteiger partial charge in [0, 0.05) is 26.7 Å². The van der Waals surface area contributed by atoms with E-state index in [-0.39, 0.29) is 6.61 Å². The summed E-state index contributed by atoms with van der Waals surface area (Å²) < 4.78 is 29.1. The van der Waals surface area contributed by atoms with Gasteiger partial charge < -0.3 is 23.7 Å². The molecule has 0 bridgehead atoms. The van der Waals surface area contributed by atoms with Gasteiger partial charge >= 0.3 is 17.9 Å². The predicted molar refractivity (Wildman–Crippen MR) is 141 cm³/mol. The number of carbonyl (C=O) groups excluding carboxylic acids is 3. The number of carbonyl (C=O) groups is 3. The van der Waals surface area contributed by atoms with Crippen LogP contribution in [0.15, 0.2) is 66.7 Å². The lowest BCUT2D eigenvalue weighted by atomic mass is 9.84. The number of fused-ring (bicyclic) bond motifs is 2. The number of rotatable bonds is 8. The van der Waals surface area contributed by atoms with Crippen LogP contribution in [0.2, 0.25) is 0 Å². The zero-order valence-corrected chi connectivity index (χ0v) is 22.0. The molecule has 4 rings (SSSR count). The summed E-state index contributed by atoms with van der Waals surface area (Å²) in [6.07, 6.45) is -3.44. The fourth-order valence-electron chi connectivity index (χ4n) is 4.85. The summed E-state index contributed by atoms with van der Waals surface area (Å²) >= 11 is 0. The molecular formula is C30H32O8. The summed E-state index contributed by atoms with van der Waals surface area (Å²) in [5.41, 5.74) is 0.797. The molecule has 3 aromatic carbocycles. The molecule has 1 saturated heterocycles. The molecule has 0 N–H and O–H groups in total. The average molecular weight is 521 g/mol. The first kappa shape index (κ1) is 27.1. The molecular weight excluding hydrogens is 488 g/mol. The Morgan fingerprint density at radius 2 is 1.39 bits per heavy atom. The molecule has 0 saturated carbocycles. The SMILES string of the molecule is C=C(C)CC1C(COC(C)=O)OC(Oc2ccc3cc4ccccc4cc3c2)C(OC(C)=O)C1OC(C)=O. The fraction of sp³-hybridized carbons (Fsp3) is 0.367. The molecule has 0 radical (unpaired) electrons. The number of ether oxygens (including phenoxy) is 5. The third-order valence-electron chi connectivity index (χ3n) is 6.37. The molecule has 3 aromatic rings. The highest BCUT2D eigenvalue weighted by molar-refractivity contribution is 5.98. The van der Waals surface area contributed by atoms with E-state index in [9.17, 15) is 14.4 Å². The number of allylic oxidation sites excluding steroid dienone is 1. The van der Waals surface area contributed by atoms with Crippen LogP contribution in [0, 0.1) is 5.92 Å². The van der Waals surface area contributed by atoms with Crippen LogP contribution in [0.1, 0.15) is 34.1 Å². The molecule has 1 heterocycles. The summed E-state index contributed by atoms with van der Waals surface area (Å²) in [4.78, 5) is 35.8. The standard InChI is InChI=1S/C30H32O8/c1-17(2)12-26-27(16-34-18(3)31)38-30(29(36-20(5)33)28(26)35-19(4)32)37-25-11-10-23-13-21-8-6-7-9-22(21)14-24(23)15-25/h6-11,13-15,26-30H,1,12,16H2,2-5H3. The average Bonchev–Trinajstić information content (AvgIpc) is 2.84. The minimum Gasteiger partial charge on any atom is -0.463 e. The lowest BCUT2D eigenvalue weighted by Crippen LogP contribution is -2.60. The zero-order chi connectivity index (χ0) is 27.4. The van der Waals surface area contributed by atoms with E-state index in [0.29, 0.717) is 12.2 Å². The summed E-state index contributed by atoms with van der Waals surface area (Å²) in [7, 11) is 0. The molecule has 1 aliphatic heterocycles. The second kappa shape index (κ2) is 11.6. The minimum absolute atomic E-state index is 0.0958. The lowest BCUT2D eigenvalue weighted by Gasteiger charge is -2.45. The van der Waals surface area contributed by atoms with Gasteiger partial charge in [0.1, 0.15) is 18.5 Å². The van der Waals surface area contributed by atoms with E-state index in [4.69, 9.17) is 23.7 Å². The highest BCUT2D eigenvalue weighted by atomic mass is 16.7. The molecule has 0 spiro atoms. The van der Waals surface area contributed by atoms with Crippen molar-refractivity contribution in [2.45, 2.75) is 58.7 Å². The van der Waals surface area contributed by atoms with E-state index in [2.05, 4.69) is 24.8 Å². The summed E-state index contributed by atoms with van der Waals surface area (Å²) in [5, 5.41) is 4.20. The smallest absolute Gasteiger partial charge is 0.303 e. The van der Waals surface area contributed by atoms with Crippen molar-refractivity contribution in [3.05, 3.63) is 66.7 Å². The Hall–Kier alpha value is -3.91. The fourth-order valence-corrected chi connectivity index (χ4v) is 4.85. The maximum absolute atomic E-state index is 12.1. The highest BCUT2D eigenvalue weighted by Crippen LogP contribution is 2.36. The van der Waals surface area contributed by atoms with Crippen molar-refractivity contribution in [1.29, 1.82) is 0 Å². The summed E-state index contributed by atoms with van der Waals surface area (Å²) in [5.74, 6) is -1.64. The van der Waals surface area contributed by atoms with Gasteiger partial charge in [-0.15, -0.1) is 6.58 Å². The Morgan fingerprint density at radius 1 is 0.789 bits per heavy atom. The van der Waals surface area contributed by atoms with Crippen LogP contribution >= 0.6 is 0 Å². The number of esters is 3. The van der Waals surface area contributed by atoms with Gasteiger partial charge in [0.25, 0.3) is 0 Å². The van der Waals surface area contributed by atoms with Crippen molar-refractivity contribution in [3.8, 4) is 5.75 Å². The third-order valence-corrected chi connectivity index (χ3v) is 6.37. The van der Waals surface area contributed by atoms with E-state index in [0.717, 1.165) is 27.1 Å². The summed E-state index contributed by atoms with van der Waals surface area (Å²) in [6.45, 7) is 9.55. The first-order chi connectivity index (χ1) is 18.1. The van der Waals surface area contributed by atoms with E-state index in [1.165, 1.54) is 20.8 Å². The second-order valence-corrected chi connectivity index (χ2v) is 9.64. The van der Waals surface area contributed by atoms with Crippen molar-refractivity contribution < 1.29 is 38.1 Å². The monoisotopic (exact) mass is 520 g/mol. The van der Waals surface area contributed by atoms with Crippen LogP contribution in [0.4, 0.5) is 0 Å². The molecule has 8 nitrogen and oxygen atoms in total. The topological polar surface area (TPSA) is 97.4 Å². The molecule has 38 heavy (non-hydrogen) atoms. The molecule has 200 valence electrons. The van der Waals surface area contributed by atoms with Crippen molar-refractivity contribution >= 4 is 39.5 Å². The molecule has 0 aliphatic carbocycles. The van der Waals surface area contributed by atoms with Gasteiger partial charge in [-0.3, -0.25) is 14.4 Å². The van der Waals surface area contributed by atoms with Crippen LogP contribution in [0.5, 0.6) is 5.75 Å². The first-order valence-electron chi connectivity index (χ1n) is 12.5. The number of hydrogen-bond donors (Lipinski definition) is 0. The van der Waals surface area contributed by atoms with Gasteiger partial charge in [-0.05, 0) is 59.2 Å². The Balaban J connectivity index is 1.71. The molecule has 5 unspecified atom stereocenters. The largest absolute Gasteiger partial charge is 0.463 e. The maximum Gasteiger partial charge on any atom is 0.303 e. The quantitative estimate of drug-likeness (QED) is 0.175. The number of benzene rings is 3. The van der Waals surface area contributed by atoms with Gasteiger partial charge in [0.2, 0.25) is 12.4 Å². The van der Waals surface area contributed by atoms with Crippen LogP contribution in [-0.4, -0.2) is 49.1 Å². The van der Waals surface area contributed by atoms with Gasteiger partial charge in [-0.1, -0.05) is 35.9 Å². The van der Waals surface area contributed by atoms with Gasteiger partial charge in [-0.25, -0.2) is 0 Å². The lowest BCUT2D eigenvalue weighted by molar-refractivity contribution is -0.274. The normalized spacial score (nSPS) is 23.0. The highest BCUT2D eigenvalue weighted by Gasteiger charge is 2.51. The molecule has 5 atom stereocenters. The third kappa shape index (κ3) is 6.50. The maximum atomic E-state index is 12.1. The molecule has 8 heteroatoms. The Morgan fingerprint density at radius 3 is 2.00 bits per heavy atom. The van der Waals surface area contributed by atoms with Gasteiger partial charge in [0.05, 0.1) is 0 Å². The Kier molecular flexibility index (Phi) is 8.32. The van der Waals surface area contributed by atoms with Crippen molar-refractivity contribution in [3.63, 3.8) is 0 Å². The van der Waals surface area contributed by atoms with Gasteiger partial charge in [-0.2, -0.15) is 0 Å². The molecule has 0 aromatic heterocycles.